The van der Waals surface area contributed by atoms with Crippen molar-refractivity contribution >= 4 is 17.5 Å². The smallest absolute Gasteiger partial charge is 0.223 e. The SMILES string of the molecule is CC(CO)CNC(=O)C(C)Cc1ccccc1Cl. The summed E-state index contributed by atoms with van der Waals surface area (Å²) >= 11 is 6.06. The van der Waals surface area contributed by atoms with Gasteiger partial charge in [-0.05, 0) is 24.0 Å². The summed E-state index contributed by atoms with van der Waals surface area (Å²) in [6, 6.07) is 7.55. The quantitative estimate of drug-likeness (QED) is 0.832. The van der Waals surface area contributed by atoms with Crippen LogP contribution in [0.25, 0.3) is 0 Å². The molecule has 0 saturated carbocycles. The molecule has 1 aromatic rings. The molecule has 0 aromatic heterocycles. The predicted molar refractivity (Wildman–Crippen MR) is 73.6 cm³/mol. The maximum atomic E-state index is 11.8. The summed E-state index contributed by atoms with van der Waals surface area (Å²) in [7, 11) is 0. The van der Waals surface area contributed by atoms with E-state index in [0.717, 1.165) is 5.56 Å². The van der Waals surface area contributed by atoms with Crippen molar-refractivity contribution in [2.45, 2.75) is 20.3 Å². The number of hydrogen-bond acceptors (Lipinski definition) is 2. The zero-order valence-electron chi connectivity index (χ0n) is 10.8. The Balaban J connectivity index is 2.47. The summed E-state index contributed by atoms with van der Waals surface area (Å²) in [5, 5.41) is 12.4. The number of aliphatic hydroxyl groups is 1. The Morgan fingerprint density at radius 1 is 1.39 bits per heavy atom. The van der Waals surface area contributed by atoms with Crippen LogP contribution in [0.1, 0.15) is 19.4 Å². The van der Waals surface area contributed by atoms with Crippen molar-refractivity contribution in [3.8, 4) is 0 Å². The van der Waals surface area contributed by atoms with Gasteiger partial charge in [0.2, 0.25) is 5.91 Å². The van der Waals surface area contributed by atoms with E-state index in [0.29, 0.717) is 18.0 Å². The number of nitrogens with one attached hydrogen (secondary N) is 1. The van der Waals surface area contributed by atoms with Gasteiger partial charge in [0.1, 0.15) is 0 Å². The molecule has 0 fully saturated rings. The molecule has 2 unspecified atom stereocenters. The third-order valence-electron chi connectivity index (χ3n) is 2.87. The first-order chi connectivity index (χ1) is 8.54. The summed E-state index contributed by atoms with van der Waals surface area (Å²) in [5.41, 5.74) is 0.983. The van der Waals surface area contributed by atoms with Gasteiger partial charge in [-0.1, -0.05) is 43.6 Å². The van der Waals surface area contributed by atoms with Crippen molar-refractivity contribution in [1.82, 2.24) is 5.32 Å². The Hall–Kier alpha value is -1.06. The molecule has 2 N–H and O–H groups in total. The highest BCUT2D eigenvalue weighted by Gasteiger charge is 2.15. The van der Waals surface area contributed by atoms with E-state index in [2.05, 4.69) is 5.32 Å². The average Bonchev–Trinajstić information content (AvgIpc) is 2.38. The first-order valence-corrected chi connectivity index (χ1v) is 6.54. The fraction of sp³-hybridized carbons (Fsp3) is 0.500. The Kier molecular flexibility index (Phi) is 6.16. The fourth-order valence-electron chi connectivity index (χ4n) is 1.60. The van der Waals surface area contributed by atoms with E-state index < -0.39 is 0 Å². The van der Waals surface area contributed by atoms with Gasteiger partial charge in [0.05, 0.1) is 0 Å². The lowest BCUT2D eigenvalue weighted by Gasteiger charge is -2.15. The molecule has 0 spiro atoms. The minimum atomic E-state index is -0.129. The minimum absolute atomic E-state index is 0.00443. The molecule has 1 rings (SSSR count). The van der Waals surface area contributed by atoms with Gasteiger partial charge in [0.25, 0.3) is 0 Å². The number of carbonyl (C=O) groups excluding carboxylic acids is 1. The first kappa shape index (κ1) is 15.0. The molecular weight excluding hydrogens is 250 g/mol. The van der Waals surface area contributed by atoms with E-state index in [4.69, 9.17) is 16.7 Å². The third kappa shape index (κ3) is 4.67. The molecule has 18 heavy (non-hydrogen) atoms. The second kappa shape index (κ2) is 7.39. The number of hydrogen-bond donors (Lipinski definition) is 2. The number of carbonyl (C=O) groups is 1. The van der Waals surface area contributed by atoms with Crippen LogP contribution >= 0.6 is 11.6 Å². The van der Waals surface area contributed by atoms with Gasteiger partial charge < -0.3 is 10.4 Å². The van der Waals surface area contributed by atoms with Gasteiger partial charge in [-0.3, -0.25) is 4.79 Å². The molecule has 0 aliphatic heterocycles. The fourth-order valence-corrected chi connectivity index (χ4v) is 1.81. The molecule has 1 aromatic carbocycles. The molecule has 0 saturated heterocycles. The molecular formula is C14H20ClNO2. The van der Waals surface area contributed by atoms with Crippen molar-refractivity contribution in [2.24, 2.45) is 11.8 Å². The van der Waals surface area contributed by atoms with E-state index in [1.807, 2.05) is 38.1 Å². The molecule has 0 radical (unpaired) electrons. The summed E-state index contributed by atoms with van der Waals surface area (Å²) in [5.74, 6) is -0.0486. The molecule has 0 bridgehead atoms. The monoisotopic (exact) mass is 269 g/mol. The highest BCUT2D eigenvalue weighted by atomic mass is 35.5. The Morgan fingerprint density at radius 3 is 2.67 bits per heavy atom. The largest absolute Gasteiger partial charge is 0.396 e. The van der Waals surface area contributed by atoms with Gasteiger partial charge in [0, 0.05) is 24.1 Å². The first-order valence-electron chi connectivity index (χ1n) is 6.16. The summed E-state index contributed by atoms with van der Waals surface area (Å²) in [6.45, 7) is 4.35. The van der Waals surface area contributed by atoms with Crippen LogP contribution in [0.5, 0.6) is 0 Å². The highest BCUT2D eigenvalue weighted by molar-refractivity contribution is 6.31. The Morgan fingerprint density at radius 2 is 2.06 bits per heavy atom. The van der Waals surface area contributed by atoms with E-state index in [9.17, 15) is 4.79 Å². The zero-order chi connectivity index (χ0) is 13.5. The average molecular weight is 270 g/mol. The van der Waals surface area contributed by atoms with Crippen LogP contribution in [-0.4, -0.2) is 24.2 Å². The molecule has 3 nitrogen and oxygen atoms in total. The summed E-state index contributed by atoms with van der Waals surface area (Å²) < 4.78 is 0. The van der Waals surface area contributed by atoms with Crippen molar-refractivity contribution < 1.29 is 9.90 Å². The van der Waals surface area contributed by atoms with Crippen molar-refractivity contribution in [3.63, 3.8) is 0 Å². The Labute approximate surface area is 113 Å². The van der Waals surface area contributed by atoms with Crippen LogP contribution < -0.4 is 5.32 Å². The molecule has 4 heteroatoms. The van der Waals surface area contributed by atoms with E-state index in [-0.39, 0.29) is 24.3 Å². The van der Waals surface area contributed by atoms with E-state index in [1.165, 1.54) is 0 Å². The lowest BCUT2D eigenvalue weighted by Crippen LogP contribution is -2.34. The van der Waals surface area contributed by atoms with Gasteiger partial charge in [-0.2, -0.15) is 0 Å². The van der Waals surface area contributed by atoms with Crippen molar-refractivity contribution in [1.29, 1.82) is 0 Å². The third-order valence-corrected chi connectivity index (χ3v) is 3.24. The van der Waals surface area contributed by atoms with E-state index >= 15 is 0 Å². The maximum Gasteiger partial charge on any atom is 0.223 e. The molecule has 2 atom stereocenters. The highest BCUT2D eigenvalue weighted by Crippen LogP contribution is 2.18. The number of benzene rings is 1. The van der Waals surface area contributed by atoms with Crippen LogP contribution in [0.4, 0.5) is 0 Å². The van der Waals surface area contributed by atoms with Crippen molar-refractivity contribution in [2.75, 3.05) is 13.2 Å². The van der Waals surface area contributed by atoms with Crippen LogP contribution in [0.15, 0.2) is 24.3 Å². The van der Waals surface area contributed by atoms with Gasteiger partial charge in [-0.25, -0.2) is 0 Å². The van der Waals surface area contributed by atoms with Crippen LogP contribution in [0.3, 0.4) is 0 Å². The van der Waals surface area contributed by atoms with Gasteiger partial charge >= 0.3 is 0 Å². The Bertz CT molecular complexity index is 395. The lowest BCUT2D eigenvalue weighted by molar-refractivity contribution is -0.124. The predicted octanol–water partition coefficient (Wildman–Crippen LogP) is 2.26. The number of aliphatic hydroxyl groups excluding tert-OH is 1. The van der Waals surface area contributed by atoms with Crippen LogP contribution in [0.2, 0.25) is 5.02 Å². The molecule has 1 amide bonds. The van der Waals surface area contributed by atoms with Crippen molar-refractivity contribution in [3.05, 3.63) is 34.9 Å². The number of rotatable bonds is 6. The topological polar surface area (TPSA) is 49.3 Å². The summed E-state index contributed by atoms with van der Waals surface area (Å²) in [4.78, 5) is 11.8. The molecule has 0 aliphatic carbocycles. The lowest BCUT2D eigenvalue weighted by atomic mass is 10.00. The maximum absolute atomic E-state index is 11.8. The van der Waals surface area contributed by atoms with E-state index in [1.54, 1.807) is 0 Å². The zero-order valence-corrected chi connectivity index (χ0v) is 11.6. The number of amides is 1. The standard InChI is InChI=1S/C14H20ClNO2/c1-10(9-17)8-16-14(18)11(2)7-12-5-3-4-6-13(12)15/h3-6,10-11,17H,7-9H2,1-2H3,(H,16,18). The molecule has 100 valence electrons. The van der Waals surface area contributed by atoms with Gasteiger partial charge in [-0.15, -0.1) is 0 Å². The minimum Gasteiger partial charge on any atom is -0.396 e. The molecule has 0 aliphatic rings. The van der Waals surface area contributed by atoms with Crippen LogP contribution in [-0.2, 0) is 11.2 Å². The normalized spacial score (nSPS) is 14.0. The van der Waals surface area contributed by atoms with Crippen LogP contribution in [0, 0.1) is 11.8 Å². The van der Waals surface area contributed by atoms with Gasteiger partial charge in [0.15, 0.2) is 0 Å². The molecule has 0 heterocycles. The summed E-state index contributed by atoms with van der Waals surface area (Å²) in [6.07, 6.45) is 0.624. The second-order valence-electron chi connectivity index (χ2n) is 4.73. The second-order valence-corrected chi connectivity index (χ2v) is 5.14. The number of halogens is 1.